The summed E-state index contributed by atoms with van der Waals surface area (Å²) in [4.78, 5) is 1.21. The van der Waals surface area contributed by atoms with Crippen LogP contribution in [0.25, 0.3) is 0 Å². The summed E-state index contributed by atoms with van der Waals surface area (Å²) in [5.41, 5.74) is 0.433. The molecule has 1 heterocycles. The van der Waals surface area contributed by atoms with E-state index in [2.05, 4.69) is 42.8 Å². The van der Waals surface area contributed by atoms with Crippen molar-refractivity contribution in [3.05, 3.63) is 19.8 Å². The molecule has 1 aliphatic carbocycles. The van der Waals surface area contributed by atoms with Crippen LogP contribution in [0.3, 0.4) is 0 Å². The minimum absolute atomic E-state index is 0.120. The lowest BCUT2D eigenvalue weighted by Gasteiger charge is -2.38. The maximum atomic E-state index is 6.66. The Bertz CT molecular complexity index is 408. The van der Waals surface area contributed by atoms with Gasteiger partial charge in [0, 0.05) is 9.35 Å². The molecule has 4 heteroatoms. The maximum absolute atomic E-state index is 6.66. The molecule has 0 amide bonds. The highest BCUT2D eigenvalue weighted by atomic mass is 79.9. The third-order valence-corrected chi connectivity index (χ3v) is 7.63. The van der Waals surface area contributed by atoms with E-state index in [0.29, 0.717) is 11.3 Å². The van der Waals surface area contributed by atoms with Gasteiger partial charge in [0.2, 0.25) is 0 Å². The van der Waals surface area contributed by atoms with Crippen molar-refractivity contribution >= 4 is 50.5 Å². The molecule has 0 N–H and O–H groups in total. The van der Waals surface area contributed by atoms with E-state index in [4.69, 9.17) is 23.2 Å². The van der Waals surface area contributed by atoms with Gasteiger partial charge in [0.25, 0.3) is 0 Å². The molecule has 0 spiro atoms. The summed E-state index contributed by atoms with van der Waals surface area (Å²) >= 11 is 17.8. The van der Waals surface area contributed by atoms with E-state index >= 15 is 0 Å². The molecule has 0 nitrogen and oxygen atoms in total. The van der Waals surface area contributed by atoms with Gasteiger partial charge in [-0.3, -0.25) is 0 Å². The largest absolute Gasteiger partial charge is 0.126 e. The molecule has 19 heavy (non-hydrogen) atoms. The van der Waals surface area contributed by atoms with Crippen LogP contribution < -0.4 is 0 Å². The minimum atomic E-state index is 0.120. The maximum Gasteiger partial charge on any atom is 0.107 e. The number of hydrogen-bond acceptors (Lipinski definition) is 1. The van der Waals surface area contributed by atoms with Crippen LogP contribution in [0.4, 0.5) is 0 Å². The van der Waals surface area contributed by atoms with Gasteiger partial charge in [-0.05, 0) is 64.9 Å². The van der Waals surface area contributed by atoms with Crippen LogP contribution >= 0.6 is 50.5 Å². The zero-order valence-electron chi connectivity index (χ0n) is 11.7. The van der Waals surface area contributed by atoms with Crippen molar-refractivity contribution in [3.8, 4) is 0 Å². The molecule has 2 rings (SSSR count). The van der Waals surface area contributed by atoms with E-state index in [1.807, 2.05) is 0 Å². The lowest BCUT2D eigenvalue weighted by atomic mass is 9.69. The Hall–Kier alpha value is 0.760. The average molecular weight is 384 g/mol. The standard InChI is InChI=1S/C15H21BrCl2S/c1-15(2,3)10-6-4-9(5-7-10)13(17)12-8-11(16)14(18)19-12/h8-10,13H,4-7H2,1-3H3. The Kier molecular flexibility index (Phi) is 5.31. The van der Waals surface area contributed by atoms with Gasteiger partial charge in [0.1, 0.15) is 4.34 Å². The lowest BCUT2D eigenvalue weighted by molar-refractivity contribution is 0.148. The first-order valence-electron chi connectivity index (χ1n) is 6.88. The number of halogens is 3. The van der Waals surface area contributed by atoms with Crippen LogP contribution in [0.15, 0.2) is 10.5 Å². The fourth-order valence-electron chi connectivity index (χ4n) is 3.01. The molecule has 0 aromatic carbocycles. The van der Waals surface area contributed by atoms with E-state index in [1.165, 1.54) is 30.6 Å². The molecule has 0 aliphatic heterocycles. The number of rotatable bonds is 2. The van der Waals surface area contributed by atoms with Gasteiger partial charge in [-0.2, -0.15) is 0 Å². The zero-order valence-corrected chi connectivity index (χ0v) is 15.6. The summed E-state index contributed by atoms with van der Waals surface area (Å²) in [6, 6.07) is 2.08. The SMILES string of the molecule is CC(C)(C)C1CCC(C(Cl)c2cc(Br)c(Cl)s2)CC1. The van der Waals surface area contributed by atoms with Gasteiger partial charge >= 0.3 is 0 Å². The molecular weight excluding hydrogens is 363 g/mol. The molecule has 1 unspecified atom stereocenters. The van der Waals surface area contributed by atoms with Gasteiger partial charge in [-0.1, -0.05) is 32.4 Å². The van der Waals surface area contributed by atoms with E-state index in [1.54, 1.807) is 11.3 Å². The third-order valence-electron chi connectivity index (χ3n) is 4.35. The average Bonchev–Trinajstić information content (AvgIpc) is 2.68. The number of hydrogen-bond donors (Lipinski definition) is 0. The van der Waals surface area contributed by atoms with Gasteiger partial charge in [-0.25, -0.2) is 0 Å². The van der Waals surface area contributed by atoms with Crippen molar-refractivity contribution in [1.29, 1.82) is 0 Å². The Morgan fingerprint density at radius 2 is 1.84 bits per heavy atom. The van der Waals surface area contributed by atoms with Crippen molar-refractivity contribution in [2.75, 3.05) is 0 Å². The van der Waals surface area contributed by atoms with Crippen LogP contribution in [0.2, 0.25) is 4.34 Å². The number of alkyl halides is 1. The molecule has 1 fully saturated rings. The molecule has 108 valence electrons. The van der Waals surface area contributed by atoms with Gasteiger partial charge in [-0.15, -0.1) is 22.9 Å². The molecule has 1 saturated carbocycles. The van der Waals surface area contributed by atoms with Crippen LogP contribution in [0.1, 0.15) is 56.7 Å². The molecule has 1 aromatic rings. The predicted molar refractivity (Wildman–Crippen MR) is 90.5 cm³/mol. The molecule has 1 atom stereocenters. The van der Waals surface area contributed by atoms with Crippen molar-refractivity contribution in [2.24, 2.45) is 17.3 Å². The molecule has 0 bridgehead atoms. The summed E-state index contributed by atoms with van der Waals surface area (Å²) in [5, 5.41) is 0.120. The Balaban J connectivity index is 1.98. The first kappa shape index (κ1) is 16.1. The smallest absolute Gasteiger partial charge is 0.107 e. The van der Waals surface area contributed by atoms with Crippen LogP contribution in [-0.2, 0) is 0 Å². The fraction of sp³-hybridized carbons (Fsp3) is 0.733. The van der Waals surface area contributed by atoms with Crippen molar-refractivity contribution in [3.63, 3.8) is 0 Å². The summed E-state index contributed by atoms with van der Waals surface area (Å²) in [5.74, 6) is 1.44. The van der Waals surface area contributed by atoms with E-state index in [0.717, 1.165) is 14.7 Å². The highest BCUT2D eigenvalue weighted by Gasteiger charge is 2.33. The summed E-state index contributed by atoms with van der Waals surface area (Å²) in [6.07, 6.45) is 5.09. The van der Waals surface area contributed by atoms with Crippen LogP contribution in [-0.4, -0.2) is 0 Å². The second-order valence-electron chi connectivity index (χ2n) is 6.65. The second-order valence-corrected chi connectivity index (χ2v) is 9.66. The Morgan fingerprint density at radius 1 is 1.26 bits per heavy atom. The summed E-state index contributed by atoms with van der Waals surface area (Å²) in [6.45, 7) is 7.06. The number of thiophene rings is 1. The van der Waals surface area contributed by atoms with E-state index in [-0.39, 0.29) is 5.38 Å². The molecule has 1 aliphatic rings. The third kappa shape index (κ3) is 3.90. The quantitative estimate of drug-likeness (QED) is 0.470. The first-order chi connectivity index (χ1) is 8.79. The van der Waals surface area contributed by atoms with Crippen molar-refractivity contribution in [2.45, 2.75) is 51.8 Å². The van der Waals surface area contributed by atoms with Crippen LogP contribution in [0.5, 0.6) is 0 Å². The van der Waals surface area contributed by atoms with Crippen molar-refractivity contribution in [1.82, 2.24) is 0 Å². The monoisotopic (exact) mass is 382 g/mol. The molecule has 0 radical (unpaired) electrons. The lowest BCUT2D eigenvalue weighted by Crippen LogP contribution is -2.27. The van der Waals surface area contributed by atoms with Gasteiger partial charge < -0.3 is 0 Å². The highest BCUT2D eigenvalue weighted by Crippen LogP contribution is 2.48. The van der Waals surface area contributed by atoms with Gasteiger partial charge in [0.15, 0.2) is 0 Å². The Labute approximate surface area is 139 Å². The summed E-state index contributed by atoms with van der Waals surface area (Å²) < 4.78 is 1.78. The van der Waals surface area contributed by atoms with Gasteiger partial charge in [0.05, 0.1) is 5.38 Å². The van der Waals surface area contributed by atoms with Crippen molar-refractivity contribution < 1.29 is 0 Å². The highest BCUT2D eigenvalue weighted by molar-refractivity contribution is 9.10. The Morgan fingerprint density at radius 3 is 2.26 bits per heavy atom. The normalized spacial score (nSPS) is 26.4. The first-order valence-corrected chi connectivity index (χ1v) is 9.30. The second kappa shape index (κ2) is 6.25. The fourth-order valence-corrected chi connectivity index (χ4v) is 5.27. The van der Waals surface area contributed by atoms with E-state index in [9.17, 15) is 0 Å². The summed E-state index contributed by atoms with van der Waals surface area (Å²) in [7, 11) is 0. The van der Waals surface area contributed by atoms with Crippen LogP contribution in [0, 0.1) is 17.3 Å². The zero-order chi connectivity index (χ0) is 14.2. The predicted octanol–water partition coefficient (Wildman–Crippen LogP) is 7.30. The molecule has 1 aromatic heterocycles. The molecular formula is C15H21BrCl2S. The minimum Gasteiger partial charge on any atom is -0.126 e. The van der Waals surface area contributed by atoms with E-state index < -0.39 is 0 Å². The molecule has 0 saturated heterocycles. The topological polar surface area (TPSA) is 0 Å².